The van der Waals surface area contributed by atoms with Crippen molar-refractivity contribution in [2.24, 2.45) is 0 Å². The molecule has 52 heavy (non-hydrogen) atoms. The fraction of sp³-hybridized carbons (Fsp3) is 0. The van der Waals surface area contributed by atoms with E-state index in [0.29, 0.717) is 34.2 Å². The van der Waals surface area contributed by atoms with Crippen LogP contribution in [0.1, 0.15) is 31.1 Å². The van der Waals surface area contributed by atoms with Gasteiger partial charge in [-0.15, -0.1) is 0 Å². The van der Waals surface area contributed by atoms with E-state index in [9.17, 15) is 19.2 Å². The molecule has 10 aromatic carbocycles. The molecule has 0 radical (unpaired) electrons. The molecule has 0 spiro atoms. The Balaban J connectivity index is 1.25. The van der Waals surface area contributed by atoms with E-state index in [4.69, 9.17) is 0 Å². The fourth-order valence-electron chi connectivity index (χ4n) is 8.96. The second kappa shape index (κ2) is 10.2. The average molecular weight is 669 g/mol. The van der Waals surface area contributed by atoms with Crippen LogP contribution in [0.2, 0.25) is 0 Å². The number of nitrogens with one attached hydrogen (secondary N) is 1. The summed E-state index contributed by atoms with van der Waals surface area (Å²) in [5.74, 6) is -1.11. The topological polar surface area (TPSA) is 83.6 Å². The zero-order valence-electron chi connectivity index (χ0n) is 27.4. The normalized spacial score (nSPS) is 13.2. The first-order valence-electron chi connectivity index (χ1n) is 17.1. The van der Waals surface area contributed by atoms with Gasteiger partial charge in [-0.2, -0.15) is 0 Å². The van der Waals surface area contributed by atoms with E-state index >= 15 is 0 Å². The van der Waals surface area contributed by atoms with E-state index in [0.717, 1.165) is 81.1 Å². The minimum atomic E-state index is -0.452. The fourth-order valence-corrected chi connectivity index (χ4v) is 8.96. The number of hydrogen-bond donors (Lipinski definition) is 1. The molecule has 0 fully saturated rings. The van der Waals surface area contributed by atoms with E-state index in [1.807, 2.05) is 84.9 Å². The molecule has 0 saturated heterocycles. The Bertz CT molecular complexity index is 3100. The van der Waals surface area contributed by atoms with Crippen molar-refractivity contribution in [2.45, 2.75) is 0 Å². The highest BCUT2D eigenvalue weighted by molar-refractivity contribution is 6.46. The summed E-state index contributed by atoms with van der Waals surface area (Å²) in [6, 6.07) is 43.4. The number of fused-ring (bicyclic) bond motifs is 4. The quantitative estimate of drug-likeness (QED) is 0.0876. The smallest absolute Gasteiger partial charge is 0.265 e. The van der Waals surface area contributed by atoms with E-state index in [1.54, 1.807) is 12.1 Å². The van der Waals surface area contributed by atoms with Crippen molar-refractivity contribution in [1.82, 2.24) is 5.32 Å². The van der Waals surface area contributed by atoms with Gasteiger partial charge in [-0.1, -0.05) is 103 Å². The van der Waals surface area contributed by atoms with Crippen molar-refractivity contribution < 1.29 is 19.2 Å². The summed E-state index contributed by atoms with van der Waals surface area (Å²) in [7, 11) is 0. The molecule has 1 aliphatic rings. The number of carbonyl (C=O) groups excluding carboxylic acids is 4. The van der Waals surface area contributed by atoms with E-state index in [1.165, 1.54) is 4.90 Å². The van der Waals surface area contributed by atoms with Gasteiger partial charge in [0.2, 0.25) is 6.41 Å². The van der Waals surface area contributed by atoms with Crippen LogP contribution in [0.4, 0.5) is 5.69 Å². The first-order valence-corrected chi connectivity index (χ1v) is 17.1. The highest BCUT2D eigenvalue weighted by Gasteiger charge is 2.35. The van der Waals surface area contributed by atoms with Crippen molar-refractivity contribution in [2.75, 3.05) is 4.90 Å². The molecule has 0 aliphatic carbocycles. The second-order valence-electron chi connectivity index (χ2n) is 13.5. The molecule has 1 heterocycles. The maximum Gasteiger partial charge on any atom is 0.265 e. The number of amides is 4. The Morgan fingerprint density at radius 1 is 0.442 bits per heavy atom. The van der Waals surface area contributed by atoms with Gasteiger partial charge in [-0.05, 0) is 106 Å². The van der Waals surface area contributed by atoms with Crippen LogP contribution < -0.4 is 10.2 Å². The average Bonchev–Trinajstić information content (AvgIpc) is 3.19. The standard InChI is InChI=1S/C46H24N2O4/c49-23-47-44(50)35-20-17-32-29-14-16-31-34-19-22-37-43-36(45(51)48(46(37)52)25-9-5-2-6-10-25)21-18-33(42(34)43)30-15-13-28(40(29)41(30)31)27-12-11-26(38(35)39(27)32)24-7-3-1-4-8-24/h1-23H,(H,47,49,50). The summed E-state index contributed by atoms with van der Waals surface area (Å²) < 4.78 is 0. The van der Waals surface area contributed by atoms with Gasteiger partial charge in [0.15, 0.2) is 0 Å². The lowest BCUT2D eigenvalue weighted by atomic mass is 9.81. The molecule has 10 aromatic rings. The molecule has 6 heteroatoms. The molecule has 0 unspecified atom stereocenters. The van der Waals surface area contributed by atoms with E-state index in [2.05, 4.69) is 41.7 Å². The molecule has 242 valence electrons. The Kier molecular flexibility index (Phi) is 5.61. The summed E-state index contributed by atoms with van der Waals surface area (Å²) in [6.07, 6.45) is 0.426. The predicted octanol–water partition coefficient (Wildman–Crippen LogP) is 9.99. The molecule has 1 aliphatic heterocycles. The summed E-state index contributed by atoms with van der Waals surface area (Å²) in [5.41, 5.74) is 3.89. The van der Waals surface area contributed by atoms with Crippen molar-refractivity contribution in [3.63, 3.8) is 0 Å². The molecule has 6 nitrogen and oxygen atoms in total. The minimum absolute atomic E-state index is 0.329. The predicted molar refractivity (Wildman–Crippen MR) is 208 cm³/mol. The van der Waals surface area contributed by atoms with Gasteiger partial charge >= 0.3 is 0 Å². The summed E-state index contributed by atoms with van der Waals surface area (Å²) in [4.78, 5) is 54.1. The summed E-state index contributed by atoms with van der Waals surface area (Å²) >= 11 is 0. The van der Waals surface area contributed by atoms with Crippen LogP contribution in [0.25, 0.3) is 86.5 Å². The van der Waals surface area contributed by atoms with Crippen LogP contribution >= 0.6 is 0 Å². The van der Waals surface area contributed by atoms with Gasteiger partial charge in [0, 0.05) is 27.5 Å². The van der Waals surface area contributed by atoms with Gasteiger partial charge in [0.05, 0.1) is 5.69 Å². The third-order valence-corrected chi connectivity index (χ3v) is 11.0. The minimum Gasteiger partial charge on any atom is -0.295 e. The largest absolute Gasteiger partial charge is 0.295 e. The van der Waals surface area contributed by atoms with Crippen molar-refractivity contribution in [1.29, 1.82) is 0 Å². The van der Waals surface area contributed by atoms with Gasteiger partial charge < -0.3 is 0 Å². The first kappa shape index (κ1) is 28.6. The lowest BCUT2D eigenvalue weighted by Crippen LogP contribution is -2.40. The number of para-hydroxylation sites is 1. The Labute approximate surface area is 295 Å². The highest BCUT2D eigenvalue weighted by Crippen LogP contribution is 2.50. The van der Waals surface area contributed by atoms with Crippen molar-refractivity contribution in [3.05, 3.63) is 150 Å². The van der Waals surface area contributed by atoms with Crippen LogP contribution in [-0.2, 0) is 4.79 Å². The van der Waals surface area contributed by atoms with Crippen LogP contribution in [0, 0.1) is 0 Å². The number of hydrogen-bond acceptors (Lipinski definition) is 4. The number of rotatable bonds is 4. The van der Waals surface area contributed by atoms with Gasteiger partial charge in [0.1, 0.15) is 0 Å². The Morgan fingerprint density at radius 2 is 0.846 bits per heavy atom. The van der Waals surface area contributed by atoms with Gasteiger partial charge in [-0.25, -0.2) is 4.90 Å². The molecule has 4 amide bonds. The zero-order valence-corrected chi connectivity index (χ0v) is 27.4. The van der Waals surface area contributed by atoms with Crippen molar-refractivity contribution in [3.8, 4) is 11.1 Å². The molecule has 0 saturated carbocycles. The van der Waals surface area contributed by atoms with Crippen LogP contribution in [0.3, 0.4) is 0 Å². The third kappa shape index (κ3) is 3.52. The lowest BCUT2D eigenvalue weighted by Gasteiger charge is -2.28. The van der Waals surface area contributed by atoms with Gasteiger partial charge in [0.25, 0.3) is 17.7 Å². The Hall–Kier alpha value is -7.18. The number of nitrogens with zero attached hydrogens (tertiary/aromatic N) is 1. The highest BCUT2D eigenvalue weighted by atomic mass is 16.2. The molecule has 1 N–H and O–H groups in total. The maximum absolute atomic E-state index is 14.0. The first-order chi connectivity index (χ1) is 25.5. The van der Waals surface area contributed by atoms with Gasteiger partial charge in [-0.3, -0.25) is 24.5 Å². The van der Waals surface area contributed by atoms with Crippen molar-refractivity contribution >= 4 is 105 Å². The summed E-state index contributed by atoms with van der Waals surface area (Å²) in [5, 5.41) is 16.1. The lowest BCUT2D eigenvalue weighted by molar-refractivity contribution is -0.108. The molecular formula is C46H24N2O4. The second-order valence-corrected chi connectivity index (χ2v) is 13.5. The number of imide groups is 2. The number of carbonyl (C=O) groups is 4. The van der Waals surface area contributed by atoms with Crippen LogP contribution in [-0.4, -0.2) is 24.1 Å². The van der Waals surface area contributed by atoms with Crippen LogP contribution in [0.5, 0.6) is 0 Å². The molecule has 0 aromatic heterocycles. The monoisotopic (exact) mass is 668 g/mol. The van der Waals surface area contributed by atoms with E-state index in [-0.39, 0.29) is 11.8 Å². The Morgan fingerprint density at radius 3 is 1.35 bits per heavy atom. The van der Waals surface area contributed by atoms with Crippen LogP contribution in [0.15, 0.2) is 133 Å². The molecular weight excluding hydrogens is 645 g/mol. The zero-order chi connectivity index (χ0) is 34.8. The number of benzene rings is 10. The maximum atomic E-state index is 14.0. The SMILES string of the molecule is O=CNC(=O)c1ccc2c3ccc4c5ccc6c7c(ccc(c8ccc(c9ccc(-c%10ccccc%10)c1c29)c3c48)c75)C(=O)N(c1ccccc1)C6=O. The number of anilines is 1. The molecule has 0 atom stereocenters. The molecule has 11 rings (SSSR count). The summed E-state index contributed by atoms with van der Waals surface area (Å²) in [6.45, 7) is 0. The molecule has 0 bridgehead atoms. The third-order valence-electron chi connectivity index (χ3n) is 11.0. The van der Waals surface area contributed by atoms with E-state index < -0.39 is 5.91 Å².